The third-order valence-electron chi connectivity index (χ3n) is 5.89. The minimum Gasteiger partial charge on any atom is -0.611 e. The highest BCUT2D eigenvalue weighted by Crippen LogP contribution is 2.44. The molecule has 1 atom stereocenters. The summed E-state index contributed by atoms with van der Waals surface area (Å²) >= 11 is -1.03. The highest BCUT2D eigenvalue weighted by molar-refractivity contribution is 7.91. The van der Waals surface area contributed by atoms with Crippen LogP contribution in [0.4, 0.5) is 5.69 Å². The quantitative estimate of drug-likeness (QED) is 0.687. The summed E-state index contributed by atoms with van der Waals surface area (Å²) in [4.78, 5) is 18.7. The summed E-state index contributed by atoms with van der Waals surface area (Å²) in [7, 11) is 1.77. The summed E-state index contributed by atoms with van der Waals surface area (Å²) in [5, 5.41) is 0.894. The van der Waals surface area contributed by atoms with E-state index in [1.54, 1.807) is 17.8 Å². The van der Waals surface area contributed by atoms with Crippen LogP contribution in [0.15, 0.2) is 46.3 Å². The fourth-order valence-electron chi connectivity index (χ4n) is 4.31. The van der Waals surface area contributed by atoms with Gasteiger partial charge in [-0.3, -0.25) is 4.79 Å². The molecule has 146 valence electrons. The van der Waals surface area contributed by atoms with Crippen LogP contribution >= 0.6 is 0 Å². The number of nitrogens with one attached hydrogen (secondary N) is 1. The maximum absolute atomic E-state index is 12.5. The second kappa shape index (κ2) is 6.40. The van der Waals surface area contributed by atoms with Gasteiger partial charge in [-0.15, -0.1) is 0 Å². The van der Waals surface area contributed by atoms with Crippen molar-refractivity contribution in [2.45, 2.75) is 11.8 Å². The molecule has 1 aromatic carbocycles. The molecule has 7 heteroatoms. The Bertz CT molecular complexity index is 1110. The van der Waals surface area contributed by atoms with Gasteiger partial charge in [-0.25, -0.2) is 0 Å². The minimum absolute atomic E-state index is 0.0480. The van der Waals surface area contributed by atoms with Crippen LogP contribution < -0.4 is 10.5 Å². The molecule has 1 unspecified atom stereocenters. The predicted molar refractivity (Wildman–Crippen MR) is 111 cm³/mol. The Morgan fingerprint density at radius 3 is 2.71 bits per heavy atom. The normalized spacial score (nSPS) is 18.9. The van der Waals surface area contributed by atoms with Crippen LogP contribution in [0.25, 0.3) is 22.0 Å². The summed E-state index contributed by atoms with van der Waals surface area (Å²) < 4.78 is 19.5. The molecule has 2 aliphatic heterocycles. The lowest BCUT2D eigenvalue weighted by atomic mass is 9.77. The van der Waals surface area contributed by atoms with Crippen molar-refractivity contribution in [1.82, 2.24) is 9.55 Å². The molecule has 2 saturated heterocycles. The average Bonchev–Trinajstić information content (AvgIpc) is 3.12. The number of rotatable bonds is 4. The molecule has 6 nitrogen and oxygen atoms in total. The number of ether oxygens (including phenoxy) is 1. The SMILES string of the molecule is CC[S+]([O-])c1ccc(N2CC3(COC3)C2)c(-c2cn(C)c(=O)c3[nH]ccc23)c1. The Kier molecular flexibility index (Phi) is 4.08. The molecule has 0 bridgehead atoms. The van der Waals surface area contributed by atoms with Gasteiger partial charge in [-0.2, -0.15) is 0 Å². The van der Waals surface area contributed by atoms with Crippen molar-refractivity contribution in [3.05, 3.63) is 47.0 Å². The molecule has 0 aliphatic carbocycles. The van der Waals surface area contributed by atoms with Gasteiger partial charge in [0.25, 0.3) is 5.56 Å². The van der Waals surface area contributed by atoms with Crippen LogP contribution in [0, 0.1) is 5.41 Å². The number of fused-ring (bicyclic) bond motifs is 1. The van der Waals surface area contributed by atoms with Crippen molar-refractivity contribution in [3.8, 4) is 11.1 Å². The van der Waals surface area contributed by atoms with Gasteiger partial charge >= 0.3 is 0 Å². The van der Waals surface area contributed by atoms with E-state index in [4.69, 9.17) is 4.74 Å². The first-order chi connectivity index (χ1) is 13.5. The lowest BCUT2D eigenvalue weighted by Gasteiger charge is -2.56. The molecule has 3 aromatic rings. The van der Waals surface area contributed by atoms with Crippen LogP contribution in [0.1, 0.15) is 6.92 Å². The Labute approximate surface area is 166 Å². The maximum Gasteiger partial charge on any atom is 0.274 e. The molecule has 2 fully saturated rings. The maximum atomic E-state index is 12.5. The average molecular weight is 398 g/mol. The summed E-state index contributed by atoms with van der Waals surface area (Å²) in [6, 6.07) is 8.02. The van der Waals surface area contributed by atoms with E-state index in [9.17, 15) is 9.35 Å². The first-order valence-corrected chi connectivity index (χ1v) is 10.9. The van der Waals surface area contributed by atoms with Gasteiger partial charge in [0, 0.05) is 60.8 Å². The monoisotopic (exact) mass is 397 g/mol. The molecule has 2 aliphatic rings. The highest BCUT2D eigenvalue weighted by atomic mass is 32.2. The number of benzene rings is 1. The van der Waals surface area contributed by atoms with E-state index in [0.29, 0.717) is 16.7 Å². The first-order valence-electron chi connectivity index (χ1n) is 9.53. The predicted octanol–water partition coefficient (Wildman–Crippen LogP) is 2.50. The number of nitrogens with zero attached hydrogens (tertiary/aromatic N) is 2. The zero-order chi connectivity index (χ0) is 19.5. The van der Waals surface area contributed by atoms with Crippen molar-refractivity contribution >= 4 is 27.8 Å². The zero-order valence-electron chi connectivity index (χ0n) is 16.0. The third kappa shape index (κ3) is 2.61. The lowest BCUT2D eigenvalue weighted by molar-refractivity contribution is -0.127. The van der Waals surface area contributed by atoms with Gasteiger partial charge in [0.15, 0.2) is 4.90 Å². The number of aromatic nitrogens is 2. The summed E-state index contributed by atoms with van der Waals surface area (Å²) in [6.45, 7) is 5.53. The Hall–Kier alpha value is -2.22. The fraction of sp³-hybridized carbons (Fsp3) is 0.381. The molecule has 1 N–H and O–H groups in total. The van der Waals surface area contributed by atoms with Crippen LogP contribution in [0.2, 0.25) is 0 Å². The van der Waals surface area contributed by atoms with Gasteiger partial charge in [0.05, 0.1) is 18.6 Å². The largest absolute Gasteiger partial charge is 0.611 e. The van der Waals surface area contributed by atoms with Crippen molar-refractivity contribution < 1.29 is 9.29 Å². The molecule has 0 radical (unpaired) electrons. The van der Waals surface area contributed by atoms with Crippen molar-refractivity contribution in [2.24, 2.45) is 12.5 Å². The smallest absolute Gasteiger partial charge is 0.274 e. The highest BCUT2D eigenvalue weighted by Gasteiger charge is 2.49. The van der Waals surface area contributed by atoms with E-state index in [-0.39, 0.29) is 5.56 Å². The molecule has 5 rings (SSSR count). The first kappa shape index (κ1) is 17.8. The standard InChI is InChI=1S/C21H23N3O3S/c1-3-28(26)14-4-5-18(24-10-21(11-24)12-27-13-21)16(8-14)17-9-23(2)20(25)19-15(17)6-7-22-19/h4-9,22H,3,10-13H2,1-2H3. The van der Waals surface area contributed by atoms with Crippen molar-refractivity contribution in [1.29, 1.82) is 0 Å². The number of hydrogen-bond donors (Lipinski definition) is 1. The molecular weight excluding hydrogens is 374 g/mol. The van der Waals surface area contributed by atoms with E-state index in [1.165, 1.54) is 0 Å². The Morgan fingerprint density at radius 2 is 2.04 bits per heavy atom. The number of hydrogen-bond acceptors (Lipinski definition) is 4. The molecule has 0 saturated carbocycles. The van der Waals surface area contributed by atoms with E-state index in [0.717, 1.165) is 53.4 Å². The molecular formula is C21H23N3O3S. The topological polar surface area (TPSA) is 73.3 Å². The zero-order valence-corrected chi connectivity index (χ0v) is 16.8. The number of aryl methyl sites for hydroxylation is 1. The van der Waals surface area contributed by atoms with E-state index >= 15 is 0 Å². The van der Waals surface area contributed by atoms with Gasteiger partial charge < -0.3 is 23.7 Å². The van der Waals surface area contributed by atoms with Gasteiger partial charge in [0.2, 0.25) is 0 Å². The summed E-state index contributed by atoms with van der Waals surface area (Å²) in [5.41, 5.74) is 3.97. The third-order valence-corrected chi connectivity index (χ3v) is 7.19. The number of pyridine rings is 1. The number of aromatic amines is 1. The van der Waals surface area contributed by atoms with E-state index in [1.807, 2.05) is 31.3 Å². The van der Waals surface area contributed by atoms with Crippen LogP contribution in [0.5, 0.6) is 0 Å². The second-order valence-electron chi connectivity index (χ2n) is 7.89. The van der Waals surface area contributed by atoms with Gasteiger partial charge in [-0.05, 0) is 36.3 Å². The van der Waals surface area contributed by atoms with Gasteiger partial charge in [-0.1, -0.05) is 0 Å². The minimum atomic E-state index is -1.03. The molecule has 1 spiro atoms. The van der Waals surface area contributed by atoms with E-state index in [2.05, 4.69) is 16.0 Å². The molecule has 0 amide bonds. The van der Waals surface area contributed by atoms with Crippen molar-refractivity contribution in [3.63, 3.8) is 0 Å². The number of anilines is 1. The Morgan fingerprint density at radius 1 is 1.25 bits per heavy atom. The van der Waals surface area contributed by atoms with Gasteiger partial charge in [0.1, 0.15) is 11.3 Å². The number of H-pyrrole nitrogens is 1. The van der Waals surface area contributed by atoms with Crippen LogP contribution in [-0.4, -0.2) is 46.2 Å². The van der Waals surface area contributed by atoms with Crippen molar-refractivity contribution in [2.75, 3.05) is 37.0 Å². The van der Waals surface area contributed by atoms with E-state index < -0.39 is 11.2 Å². The van der Waals surface area contributed by atoms with Crippen LogP contribution in [0.3, 0.4) is 0 Å². The molecule has 4 heterocycles. The fourth-order valence-corrected chi connectivity index (χ4v) is 5.11. The second-order valence-corrected chi connectivity index (χ2v) is 9.63. The lowest BCUT2D eigenvalue weighted by Crippen LogP contribution is -2.66. The summed E-state index contributed by atoms with van der Waals surface area (Å²) in [5.74, 6) is 0.579. The Balaban J connectivity index is 1.67. The molecule has 2 aromatic heterocycles. The molecule has 28 heavy (non-hydrogen) atoms. The summed E-state index contributed by atoms with van der Waals surface area (Å²) in [6.07, 6.45) is 3.69. The van der Waals surface area contributed by atoms with Crippen LogP contribution in [-0.2, 0) is 23.0 Å².